The summed E-state index contributed by atoms with van der Waals surface area (Å²) >= 11 is 0. The van der Waals surface area contributed by atoms with Crippen LogP contribution in [0.25, 0.3) is 0 Å². The van der Waals surface area contributed by atoms with Gasteiger partial charge in [0.2, 0.25) is 0 Å². The van der Waals surface area contributed by atoms with Gasteiger partial charge in [-0.15, -0.1) is 0 Å². The number of piperidine rings is 1. The fraction of sp³-hybridized carbons (Fsp3) is 0.500. The first kappa shape index (κ1) is 13.8. The zero-order valence-corrected chi connectivity index (χ0v) is 10.9. The van der Waals surface area contributed by atoms with E-state index >= 15 is 0 Å². The lowest BCUT2D eigenvalue weighted by atomic mass is 9.99. The van der Waals surface area contributed by atoms with Gasteiger partial charge in [-0.3, -0.25) is 4.79 Å². The number of amides is 1. The number of rotatable bonds is 3. The Hall–Kier alpha value is -1.65. The SMILES string of the molecule is CC1CCN(C(=O)COc2cc(F)cc(F)c2)CC1. The summed E-state index contributed by atoms with van der Waals surface area (Å²) in [6.45, 7) is 3.42. The maximum atomic E-state index is 12.9. The minimum absolute atomic E-state index is 0.0382. The Morgan fingerprint density at radius 2 is 1.84 bits per heavy atom. The average molecular weight is 269 g/mol. The van der Waals surface area contributed by atoms with Crippen LogP contribution in [-0.4, -0.2) is 30.5 Å². The first-order valence-corrected chi connectivity index (χ1v) is 6.41. The molecule has 0 radical (unpaired) electrons. The third kappa shape index (κ3) is 3.91. The van der Waals surface area contributed by atoms with Gasteiger partial charge in [0.1, 0.15) is 17.4 Å². The van der Waals surface area contributed by atoms with E-state index in [0.717, 1.165) is 44.1 Å². The van der Waals surface area contributed by atoms with Crippen LogP contribution in [0, 0.1) is 17.6 Å². The fourth-order valence-electron chi connectivity index (χ4n) is 2.11. The normalized spacial score (nSPS) is 16.5. The second-order valence-electron chi connectivity index (χ2n) is 4.96. The highest BCUT2D eigenvalue weighted by molar-refractivity contribution is 5.77. The standard InChI is InChI=1S/C14H17F2NO2/c1-10-2-4-17(5-3-10)14(18)9-19-13-7-11(15)6-12(16)8-13/h6-8,10H,2-5,9H2,1H3. The van der Waals surface area contributed by atoms with Crippen molar-refractivity contribution in [3.05, 3.63) is 29.8 Å². The summed E-state index contributed by atoms with van der Waals surface area (Å²) in [4.78, 5) is 13.6. The number of carbonyl (C=O) groups excluding carboxylic acids is 1. The number of benzene rings is 1. The Labute approximate surface area is 111 Å². The number of hydrogen-bond acceptors (Lipinski definition) is 2. The van der Waals surface area contributed by atoms with Gasteiger partial charge in [-0.25, -0.2) is 8.78 Å². The number of carbonyl (C=O) groups is 1. The highest BCUT2D eigenvalue weighted by atomic mass is 19.1. The molecule has 0 aromatic heterocycles. The van der Waals surface area contributed by atoms with Crippen LogP contribution >= 0.6 is 0 Å². The molecule has 1 amide bonds. The number of hydrogen-bond donors (Lipinski definition) is 0. The van der Waals surface area contributed by atoms with E-state index in [-0.39, 0.29) is 18.3 Å². The van der Waals surface area contributed by atoms with Gasteiger partial charge in [-0.05, 0) is 18.8 Å². The summed E-state index contributed by atoms with van der Waals surface area (Å²) in [5.41, 5.74) is 0. The first-order valence-electron chi connectivity index (χ1n) is 6.41. The van der Waals surface area contributed by atoms with Crippen molar-refractivity contribution in [3.63, 3.8) is 0 Å². The molecule has 1 saturated heterocycles. The highest BCUT2D eigenvalue weighted by Gasteiger charge is 2.20. The van der Waals surface area contributed by atoms with E-state index in [0.29, 0.717) is 5.92 Å². The van der Waals surface area contributed by atoms with Crippen molar-refractivity contribution in [1.29, 1.82) is 0 Å². The molecule has 19 heavy (non-hydrogen) atoms. The summed E-state index contributed by atoms with van der Waals surface area (Å²) in [5, 5.41) is 0. The minimum Gasteiger partial charge on any atom is -0.484 e. The molecule has 0 bridgehead atoms. The van der Waals surface area contributed by atoms with Gasteiger partial charge in [0.25, 0.3) is 5.91 Å². The molecule has 0 aliphatic carbocycles. The van der Waals surface area contributed by atoms with Crippen molar-refractivity contribution >= 4 is 5.91 Å². The van der Waals surface area contributed by atoms with E-state index in [9.17, 15) is 13.6 Å². The predicted molar refractivity (Wildman–Crippen MR) is 66.8 cm³/mol. The molecule has 1 aliphatic rings. The van der Waals surface area contributed by atoms with Gasteiger partial charge in [0, 0.05) is 31.3 Å². The summed E-state index contributed by atoms with van der Waals surface area (Å²) in [7, 11) is 0. The molecule has 104 valence electrons. The lowest BCUT2D eigenvalue weighted by Gasteiger charge is -2.30. The second-order valence-corrected chi connectivity index (χ2v) is 4.96. The van der Waals surface area contributed by atoms with Crippen molar-refractivity contribution in [3.8, 4) is 5.75 Å². The van der Waals surface area contributed by atoms with E-state index in [2.05, 4.69) is 6.92 Å². The molecule has 1 fully saturated rings. The monoisotopic (exact) mass is 269 g/mol. The molecular weight excluding hydrogens is 252 g/mol. The molecular formula is C14H17F2NO2. The fourth-order valence-corrected chi connectivity index (χ4v) is 2.11. The molecule has 0 spiro atoms. The predicted octanol–water partition coefficient (Wildman–Crippen LogP) is 2.60. The molecule has 2 rings (SSSR count). The smallest absolute Gasteiger partial charge is 0.260 e. The van der Waals surface area contributed by atoms with Crippen LogP contribution in [-0.2, 0) is 4.79 Å². The van der Waals surface area contributed by atoms with E-state index in [4.69, 9.17) is 4.74 Å². The zero-order chi connectivity index (χ0) is 13.8. The molecule has 1 heterocycles. The second kappa shape index (κ2) is 5.99. The Balaban J connectivity index is 1.86. The summed E-state index contributed by atoms with van der Waals surface area (Å²) in [5.74, 6) is -0.890. The average Bonchev–Trinajstić information content (AvgIpc) is 2.36. The van der Waals surface area contributed by atoms with E-state index in [1.807, 2.05) is 0 Å². The van der Waals surface area contributed by atoms with Crippen molar-refractivity contribution < 1.29 is 18.3 Å². The maximum Gasteiger partial charge on any atom is 0.260 e. The maximum absolute atomic E-state index is 12.9. The molecule has 3 nitrogen and oxygen atoms in total. The van der Waals surface area contributed by atoms with Crippen molar-refractivity contribution in [1.82, 2.24) is 4.90 Å². The van der Waals surface area contributed by atoms with Crippen LogP contribution in [0.2, 0.25) is 0 Å². The van der Waals surface area contributed by atoms with Gasteiger partial charge in [-0.1, -0.05) is 6.92 Å². The first-order chi connectivity index (χ1) is 9.04. The molecule has 1 aromatic rings. The number of nitrogens with zero attached hydrogens (tertiary/aromatic N) is 1. The lowest BCUT2D eigenvalue weighted by Crippen LogP contribution is -2.40. The Bertz CT molecular complexity index is 437. The van der Waals surface area contributed by atoms with Crippen molar-refractivity contribution in [2.45, 2.75) is 19.8 Å². The molecule has 5 heteroatoms. The molecule has 0 atom stereocenters. The van der Waals surface area contributed by atoms with E-state index in [1.165, 1.54) is 0 Å². The molecule has 1 aliphatic heterocycles. The quantitative estimate of drug-likeness (QED) is 0.844. The molecule has 0 N–H and O–H groups in total. The zero-order valence-electron chi connectivity index (χ0n) is 10.9. The number of likely N-dealkylation sites (tertiary alicyclic amines) is 1. The van der Waals surface area contributed by atoms with Gasteiger partial charge in [-0.2, -0.15) is 0 Å². The largest absolute Gasteiger partial charge is 0.484 e. The number of ether oxygens (including phenoxy) is 1. The van der Waals surface area contributed by atoms with Crippen molar-refractivity contribution in [2.75, 3.05) is 19.7 Å². The summed E-state index contributed by atoms with van der Waals surface area (Å²) in [6, 6.07) is 2.89. The van der Waals surface area contributed by atoms with Crippen LogP contribution in [0.5, 0.6) is 5.75 Å². The highest BCUT2D eigenvalue weighted by Crippen LogP contribution is 2.18. The summed E-state index contributed by atoms with van der Waals surface area (Å²) < 4.78 is 31.0. The van der Waals surface area contributed by atoms with Crippen LogP contribution in [0.1, 0.15) is 19.8 Å². The van der Waals surface area contributed by atoms with E-state index < -0.39 is 11.6 Å². The molecule has 1 aromatic carbocycles. The Morgan fingerprint density at radius 1 is 1.26 bits per heavy atom. The van der Waals surface area contributed by atoms with Crippen LogP contribution in [0.4, 0.5) is 8.78 Å². The Morgan fingerprint density at radius 3 is 2.42 bits per heavy atom. The van der Waals surface area contributed by atoms with Crippen LogP contribution < -0.4 is 4.74 Å². The topological polar surface area (TPSA) is 29.5 Å². The third-order valence-electron chi connectivity index (χ3n) is 3.33. The van der Waals surface area contributed by atoms with Gasteiger partial charge < -0.3 is 9.64 Å². The van der Waals surface area contributed by atoms with Crippen molar-refractivity contribution in [2.24, 2.45) is 5.92 Å². The number of halogens is 2. The minimum atomic E-state index is -0.714. The Kier molecular flexibility index (Phi) is 4.35. The van der Waals surface area contributed by atoms with Crippen LogP contribution in [0.3, 0.4) is 0 Å². The van der Waals surface area contributed by atoms with Gasteiger partial charge in [0.15, 0.2) is 6.61 Å². The van der Waals surface area contributed by atoms with Gasteiger partial charge in [0.05, 0.1) is 0 Å². The van der Waals surface area contributed by atoms with Gasteiger partial charge >= 0.3 is 0 Å². The summed E-state index contributed by atoms with van der Waals surface area (Å²) in [6.07, 6.45) is 1.97. The molecule has 0 unspecified atom stereocenters. The van der Waals surface area contributed by atoms with E-state index in [1.54, 1.807) is 4.90 Å². The third-order valence-corrected chi connectivity index (χ3v) is 3.33. The lowest BCUT2D eigenvalue weighted by molar-refractivity contribution is -0.134. The molecule has 0 saturated carbocycles. The van der Waals surface area contributed by atoms with Crippen LogP contribution in [0.15, 0.2) is 18.2 Å².